The molecule has 0 aliphatic heterocycles. The van der Waals surface area contributed by atoms with Crippen LogP contribution in [0, 0.1) is 13.8 Å². The van der Waals surface area contributed by atoms with E-state index in [-0.39, 0.29) is 25.5 Å². The van der Waals surface area contributed by atoms with Gasteiger partial charge in [-0.15, -0.1) is 0 Å². The molecule has 3 aromatic carbocycles. The smallest absolute Gasteiger partial charge is 0.232 e. The van der Waals surface area contributed by atoms with Crippen molar-refractivity contribution in [3.8, 4) is 0 Å². The lowest BCUT2D eigenvalue weighted by atomic mass is 10.1. The number of rotatable bonds is 5. The van der Waals surface area contributed by atoms with E-state index in [0.29, 0.717) is 16.7 Å². The molecule has 0 spiro atoms. The van der Waals surface area contributed by atoms with E-state index in [2.05, 4.69) is 0 Å². The lowest BCUT2D eigenvalue weighted by Crippen LogP contribution is -2.23. The Balaban J connectivity index is 2.34. The maximum atomic E-state index is 14.5. The predicted octanol–water partition coefficient (Wildman–Crippen LogP) is 6.81. The lowest BCUT2D eigenvalue weighted by Gasteiger charge is -2.23. The zero-order valence-corrected chi connectivity index (χ0v) is 18.5. The van der Waals surface area contributed by atoms with Crippen molar-refractivity contribution in [3.63, 3.8) is 0 Å². The molecule has 0 radical (unpaired) electrons. The Labute approximate surface area is 179 Å². The highest BCUT2D eigenvalue weighted by Crippen LogP contribution is 2.54. The molecule has 0 amide bonds. The number of hydrogen-bond donors (Lipinski definition) is 0. The van der Waals surface area contributed by atoms with E-state index in [1.807, 2.05) is 6.07 Å². The van der Waals surface area contributed by atoms with E-state index in [4.69, 9.17) is 35.4 Å². The molecular weight excluding hydrogens is 430 g/mol. The number of benzene rings is 3. The van der Waals surface area contributed by atoms with Gasteiger partial charge in [0.05, 0.1) is 14.7 Å². The van der Waals surface area contributed by atoms with Gasteiger partial charge in [-0.1, -0.05) is 90.0 Å². The van der Waals surface area contributed by atoms with Gasteiger partial charge in [-0.25, -0.2) is 0 Å². The Hall–Kier alpha value is -1.77. The van der Waals surface area contributed by atoms with Gasteiger partial charge in [0.25, 0.3) is 0 Å². The molecule has 0 N–H and O–H groups in total. The van der Waals surface area contributed by atoms with Crippen molar-refractivity contribution in [1.29, 1.82) is 0 Å². The molecule has 3 rings (SSSR count). The van der Waals surface area contributed by atoms with E-state index in [0.717, 1.165) is 0 Å². The lowest BCUT2D eigenvalue weighted by molar-refractivity contribution is 0.107. The maximum Gasteiger partial charge on any atom is 0.232 e. The first-order chi connectivity index (χ1) is 13.3. The summed E-state index contributed by atoms with van der Waals surface area (Å²) >= 11 is 18.4. The van der Waals surface area contributed by atoms with Crippen LogP contribution >= 0.6 is 42.6 Å². The van der Waals surface area contributed by atoms with Crippen LogP contribution in [0.3, 0.4) is 0 Å². The van der Waals surface area contributed by atoms with Gasteiger partial charge in [0.15, 0.2) is 0 Å². The third-order valence-electron chi connectivity index (χ3n) is 4.53. The molecule has 2 nitrogen and oxygen atoms in total. The van der Waals surface area contributed by atoms with Gasteiger partial charge >= 0.3 is 0 Å². The summed E-state index contributed by atoms with van der Waals surface area (Å²) in [4.78, 5) is 13.7. The molecule has 3 aromatic rings. The second-order valence-electron chi connectivity index (χ2n) is 6.42. The van der Waals surface area contributed by atoms with Gasteiger partial charge in [0, 0.05) is 10.9 Å². The number of thiocarbonyl (C=S) groups is 1. The Bertz CT molecular complexity index is 1090. The summed E-state index contributed by atoms with van der Waals surface area (Å²) in [5.41, 5.74) is 1.45. The first kappa shape index (κ1) is 21.0. The van der Waals surface area contributed by atoms with Crippen molar-refractivity contribution in [2.45, 2.75) is 13.8 Å². The van der Waals surface area contributed by atoms with Crippen LogP contribution in [-0.4, -0.2) is 10.1 Å². The molecule has 1 unspecified atom stereocenters. The summed E-state index contributed by atoms with van der Waals surface area (Å²) < 4.78 is 14.6. The van der Waals surface area contributed by atoms with E-state index in [9.17, 15) is 9.36 Å². The fraction of sp³-hybridized carbons (Fsp3) is 0.0909. The normalized spacial score (nSPS) is 13.0. The number of carbonyl (C=O) groups is 1. The molecule has 0 aliphatic rings. The highest BCUT2D eigenvalue weighted by molar-refractivity contribution is 8.13. The molecule has 0 saturated carbocycles. The van der Waals surface area contributed by atoms with Gasteiger partial charge in [0.2, 0.25) is 12.7 Å². The van der Waals surface area contributed by atoms with Crippen LogP contribution in [-0.2, 0) is 4.57 Å². The van der Waals surface area contributed by atoms with Gasteiger partial charge in [0.1, 0.15) is 0 Å². The summed E-state index contributed by atoms with van der Waals surface area (Å²) in [6.45, 7) is 3.53. The first-order valence-electron chi connectivity index (χ1n) is 8.54. The largest absolute Gasteiger partial charge is 0.304 e. The minimum atomic E-state index is -3.95. The molecule has 28 heavy (non-hydrogen) atoms. The van der Waals surface area contributed by atoms with Crippen LogP contribution in [0.1, 0.15) is 27.0 Å². The monoisotopic (exact) mass is 446 g/mol. The quantitative estimate of drug-likeness (QED) is 0.318. The molecule has 0 saturated heterocycles. The van der Waals surface area contributed by atoms with E-state index >= 15 is 0 Å². The standard InChI is InChI=1S/C22H17Cl2O2PS/c1-14-8-6-12-17(23)19(14)21(25)27(26,20-15(2)9-7-13-18(20)24)22(28)16-10-4-3-5-11-16/h3-13H,1-2H3. The maximum absolute atomic E-state index is 14.5. The van der Waals surface area contributed by atoms with Crippen molar-refractivity contribution < 1.29 is 9.36 Å². The molecule has 0 aliphatic carbocycles. The molecule has 0 bridgehead atoms. The van der Waals surface area contributed by atoms with Crippen molar-refractivity contribution in [3.05, 3.63) is 99.0 Å². The molecule has 142 valence electrons. The first-order valence-corrected chi connectivity index (χ1v) is 11.4. The topological polar surface area (TPSA) is 34.1 Å². The van der Waals surface area contributed by atoms with Gasteiger partial charge in [-0.3, -0.25) is 4.79 Å². The second-order valence-corrected chi connectivity index (χ2v) is 10.5. The van der Waals surface area contributed by atoms with Gasteiger partial charge < -0.3 is 4.57 Å². The minimum absolute atomic E-state index is 0.0774. The zero-order valence-electron chi connectivity index (χ0n) is 15.3. The summed E-state index contributed by atoms with van der Waals surface area (Å²) in [6, 6.07) is 19.2. The zero-order chi connectivity index (χ0) is 20.5. The number of carbonyl (C=O) groups excluding carboxylic acids is 1. The van der Waals surface area contributed by atoms with Gasteiger partial charge in [-0.2, -0.15) is 0 Å². The Morgan fingerprint density at radius 3 is 1.96 bits per heavy atom. The summed E-state index contributed by atoms with van der Waals surface area (Å²) in [5.74, 6) is 0. The Morgan fingerprint density at radius 1 is 0.821 bits per heavy atom. The Kier molecular flexibility index (Phi) is 6.21. The van der Waals surface area contributed by atoms with Crippen LogP contribution in [0.25, 0.3) is 0 Å². The molecule has 0 aromatic heterocycles. The van der Waals surface area contributed by atoms with Crippen LogP contribution in [0.5, 0.6) is 0 Å². The molecule has 0 heterocycles. The summed E-state index contributed by atoms with van der Waals surface area (Å²) in [6.07, 6.45) is 0. The second kappa shape index (κ2) is 8.31. The SMILES string of the molecule is Cc1cccc(Cl)c1C(=O)P(=O)(C(=S)c1ccccc1)c1c(C)cccc1Cl. The van der Waals surface area contributed by atoms with Crippen molar-refractivity contribution in [2.75, 3.05) is 0 Å². The van der Waals surface area contributed by atoms with Crippen molar-refractivity contribution >= 4 is 58.0 Å². The molecule has 0 fully saturated rings. The number of aryl methyl sites for hydroxylation is 2. The van der Waals surface area contributed by atoms with Crippen LogP contribution < -0.4 is 5.30 Å². The van der Waals surface area contributed by atoms with Crippen LogP contribution in [0.4, 0.5) is 0 Å². The van der Waals surface area contributed by atoms with E-state index in [1.54, 1.807) is 74.5 Å². The molecular formula is C22H17Cl2O2PS. The highest BCUT2D eigenvalue weighted by atomic mass is 35.5. The van der Waals surface area contributed by atoms with E-state index < -0.39 is 12.7 Å². The van der Waals surface area contributed by atoms with E-state index in [1.165, 1.54) is 0 Å². The fourth-order valence-electron chi connectivity index (χ4n) is 3.14. The van der Waals surface area contributed by atoms with Crippen molar-refractivity contribution in [2.24, 2.45) is 0 Å². The summed E-state index contributed by atoms with van der Waals surface area (Å²) in [7, 11) is -3.95. The number of halogens is 2. The van der Waals surface area contributed by atoms with Crippen LogP contribution in [0.2, 0.25) is 10.0 Å². The third-order valence-corrected chi connectivity index (χ3v) is 9.15. The summed E-state index contributed by atoms with van der Waals surface area (Å²) in [5, 5.41) is 0.764. The molecule has 1 atom stereocenters. The van der Waals surface area contributed by atoms with Crippen molar-refractivity contribution in [1.82, 2.24) is 0 Å². The Morgan fingerprint density at radius 2 is 1.39 bits per heavy atom. The minimum Gasteiger partial charge on any atom is -0.304 e. The third kappa shape index (κ3) is 3.60. The van der Waals surface area contributed by atoms with Crippen LogP contribution in [0.15, 0.2) is 66.7 Å². The fourth-order valence-corrected chi connectivity index (χ4v) is 7.41. The van der Waals surface area contributed by atoms with Gasteiger partial charge in [-0.05, 0) is 42.7 Å². The highest BCUT2D eigenvalue weighted by Gasteiger charge is 2.43. The average Bonchev–Trinajstić information content (AvgIpc) is 2.67. The predicted molar refractivity (Wildman–Crippen MR) is 122 cm³/mol. The number of hydrogen-bond acceptors (Lipinski definition) is 3. The molecule has 6 heteroatoms. The average molecular weight is 447 g/mol.